The van der Waals surface area contributed by atoms with E-state index < -0.39 is 5.60 Å². The largest absolute Gasteiger partial charge is 0.486 e. The standard InChI is InChI=1S/C22H21Cl2NO4/c1-14-2-4-19-16(10-14)18(26)12-22(29-19)6-8-25(9-7-22)21(27)13-28-20-5-3-15(23)11-17(20)24/h2-5,10-11H,6-9,12-13H2,1H3. The fourth-order valence-corrected chi connectivity index (χ4v) is 4.34. The molecule has 0 N–H and O–H groups in total. The van der Waals surface area contributed by atoms with Crippen molar-refractivity contribution in [2.45, 2.75) is 31.8 Å². The maximum absolute atomic E-state index is 12.6. The Labute approximate surface area is 179 Å². The minimum atomic E-state index is -0.531. The summed E-state index contributed by atoms with van der Waals surface area (Å²) in [6.07, 6.45) is 1.57. The molecule has 1 spiro atoms. The van der Waals surface area contributed by atoms with E-state index in [1.54, 1.807) is 23.1 Å². The average molecular weight is 434 g/mol. The number of carbonyl (C=O) groups excluding carboxylic acids is 2. The quantitative estimate of drug-likeness (QED) is 0.703. The van der Waals surface area contributed by atoms with Gasteiger partial charge in [0.15, 0.2) is 12.4 Å². The molecule has 0 unspecified atom stereocenters. The summed E-state index contributed by atoms with van der Waals surface area (Å²) in [5.74, 6) is 1.05. The molecule has 2 heterocycles. The molecule has 1 fully saturated rings. The van der Waals surface area contributed by atoms with E-state index in [-0.39, 0.29) is 18.3 Å². The SMILES string of the molecule is Cc1ccc2c(c1)C(=O)CC1(CCN(C(=O)COc3ccc(Cl)cc3Cl)CC1)O2. The number of aryl methyl sites for hydroxylation is 1. The van der Waals surface area contributed by atoms with Crippen LogP contribution in [0.25, 0.3) is 0 Å². The molecular formula is C22H21Cl2NO4. The molecular weight excluding hydrogens is 413 g/mol. The molecule has 0 saturated carbocycles. The highest BCUT2D eigenvalue weighted by atomic mass is 35.5. The lowest BCUT2D eigenvalue weighted by Gasteiger charge is -2.44. The lowest BCUT2D eigenvalue weighted by molar-refractivity contribution is -0.136. The van der Waals surface area contributed by atoms with E-state index in [0.29, 0.717) is 59.5 Å². The third-order valence-corrected chi connectivity index (χ3v) is 6.05. The number of likely N-dealkylation sites (tertiary alicyclic amines) is 1. The lowest BCUT2D eigenvalue weighted by Crippen LogP contribution is -2.53. The number of hydrogen-bond acceptors (Lipinski definition) is 4. The third-order valence-electron chi connectivity index (χ3n) is 5.52. The van der Waals surface area contributed by atoms with E-state index in [1.807, 2.05) is 25.1 Å². The Bertz CT molecular complexity index is 967. The zero-order valence-corrected chi connectivity index (χ0v) is 17.6. The normalized spacial score (nSPS) is 17.6. The van der Waals surface area contributed by atoms with E-state index in [2.05, 4.69) is 0 Å². The number of rotatable bonds is 3. The molecule has 0 radical (unpaired) electrons. The van der Waals surface area contributed by atoms with Gasteiger partial charge in [-0.1, -0.05) is 34.8 Å². The first-order chi connectivity index (χ1) is 13.8. The highest BCUT2D eigenvalue weighted by molar-refractivity contribution is 6.35. The number of piperidine rings is 1. The van der Waals surface area contributed by atoms with Crippen molar-refractivity contribution in [3.8, 4) is 11.5 Å². The Balaban J connectivity index is 1.36. The molecule has 2 aromatic rings. The molecule has 5 nitrogen and oxygen atoms in total. The van der Waals surface area contributed by atoms with Gasteiger partial charge in [-0.3, -0.25) is 9.59 Å². The molecule has 152 valence electrons. The van der Waals surface area contributed by atoms with Crippen LogP contribution in [0.1, 0.15) is 35.2 Å². The number of ketones is 1. The van der Waals surface area contributed by atoms with Crippen LogP contribution in [0.3, 0.4) is 0 Å². The monoisotopic (exact) mass is 433 g/mol. The van der Waals surface area contributed by atoms with Crippen LogP contribution < -0.4 is 9.47 Å². The molecule has 2 aliphatic heterocycles. The van der Waals surface area contributed by atoms with E-state index in [9.17, 15) is 9.59 Å². The summed E-state index contributed by atoms with van der Waals surface area (Å²) >= 11 is 11.9. The molecule has 0 atom stereocenters. The molecule has 0 bridgehead atoms. The van der Waals surface area contributed by atoms with Gasteiger partial charge in [0.05, 0.1) is 17.0 Å². The first-order valence-electron chi connectivity index (χ1n) is 9.54. The number of amides is 1. The number of nitrogens with zero attached hydrogens (tertiary/aromatic N) is 1. The molecule has 7 heteroatoms. The van der Waals surface area contributed by atoms with Crippen LogP contribution in [-0.4, -0.2) is 41.9 Å². The number of fused-ring (bicyclic) bond motifs is 1. The number of carbonyl (C=O) groups is 2. The summed E-state index contributed by atoms with van der Waals surface area (Å²) in [5, 5.41) is 0.875. The van der Waals surface area contributed by atoms with Crippen LogP contribution >= 0.6 is 23.2 Å². The molecule has 29 heavy (non-hydrogen) atoms. The molecule has 0 aliphatic carbocycles. The maximum Gasteiger partial charge on any atom is 0.260 e. The van der Waals surface area contributed by atoms with Crippen molar-refractivity contribution in [3.05, 3.63) is 57.6 Å². The summed E-state index contributed by atoms with van der Waals surface area (Å²) in [5.41, 5.74) is 1.16. The first-order valence-corrected chi connectivity index (χ1v) is 10.3. The van der Waals surface area contributed by atoms with Gasteiger partial charge in [-0.15, -0.1) is 0 Å². The smallest absolute Gasteiger partial charge is 0.260 e. The zero-order chi connectivity index (χ0) is 20.6. The second kappa shape index (κ2) is 7.88. The Morgan fingerprint density at radius 1 is 1.17 bits per heavy atom. The van der Waals surface area contributed by atoms with Crippen LogP contribution in [-0.2, 0) is 4.79 Å². The Morgan fingerprint density at radius 3 is 2.66 bits per heavy atom. The van der Waals surface area contributed by atoms with Gasteiger partial charge < -0.3 is 14.4 Å². The number of hydrogen-bond donors (Lipinski definition) is 0. The van der Waals surface area contributed by atoms with Gasteiger partial charge in [-0.05, 0) is 37.3 Å². The van der Waals surface area contributed by atoms with Crippen LogP contribution in [0.4, 0.5) is 0 Å². The first kappa shape index (κ1) is 20.0. The van der Waals surface area contributed by atoms with Gasteiger partial charge >= 0.3 is 0 Å². The highest BCUT2D eigenvalue weighted by Gasteiger charge is 2.43. The Kier molecular flexibility index (Phi) is 5.45. The van der Waals surface area contributed by atoms with E-state index in [0.717, 1.165) is 5.56 Å². The van der Waals surface area contributed by atoms with Crippen molar-refractivity contribution in [3.63, 3.8) is 0 Å². The second-order valence-corrected chi connectivity index (χ2v) is 8.47. The van der Waals surface area contributed by atoms with E-state index in [4.69, 9.17) is 32.7 Å². The predicted molar refractivity (Wildman–Crippen MR) is 111 cm³/mol. The van der Waals surface area contributed by atoms with Gasteiger partial charge in [0.2, 0.25) is 0 Å². The third kappa shape index (κ3) is 4.21. The van der Waals surface area contributed by atoms with Crippen LogP contribution in [0.15, 0.2) is 36.4 Å². The second-order valence-electron chi connectivity index (χ2n) is 7.63. The molecule has 4 rings (SSSR count). The van der Waals surface area contributed by atoms with Gasteiger partial charge in [0.1, 0.15) is 17.1 Å². The van der Waals surface area contributed by atoms with Gasteiger partial charge in [-0.25, -0.2) is 0 Å². The Morgan fingerprint density at radius 2 is 1.93 bits per heavy atom. The summed E-state index contributed by atoms with van der Waals surface area (Å²) < 4.78 is 11.8. The zero-order valence-electron chi connectivity index (χ0n) is 16.0. The predicted octanol–water partition coefficient (Wildman–Crippen LogP) is 4.71. The Hall–Kier alpha value is -2.24. The number of Topliss-reactive ketones (excluding diaryl/α,β-unsaturated/α-hetero) is 1. The highest BCUT2D eigenvalue weighted by Crippen LogP contribution is 2.39. The van der Waals surface area contributed by atoms with Gasteiger partial charge in [-0.2, -0.15) is 0 Å². The summed E-state index contributed by atoms with van der Waals surface area (Å²) in [6, 6.07) is 10.6. The molecule has 1 amide bonds. The average Bonchev–Trinajstić information content (AvgIpc) is 2.68. The fraction of sp³-hybridized carbons (Fsp3) is 0.364. The maximum atomic E-state index is 12.6. The summed E-state index contributed by atoms with van der Waals surface area (Å²) in [7, 11) is 0. The lowest BCUT2D eigenvalue weighted by atomic mass is 9.82. The van der Waals surface area contributed by atoms with Crippen molar-refractivity contribution in [2.24, 2.45) is 0 Å². The summed E-state index contributed by atoms with van der Waals surface area (Å²) in [6.45, 7) is 2.90. The number of halogens is 2. The molecule has 2 aromatic carbocycles. The summed E-state index contributed by atoms with van der Waals surface area (Å²) in [4.78, 5) is 26.9. The van der Waals surface area contributed by atoms with Crippen molar-refractivity contribution in [2.75, 3.05) is 19.7 Å². The molecule has 2 aliphatic rings. The molecule has 0 aromatic heterocycles. The van der Waals surface area contributed by atoms with E-state index in [1.165, 1.54) is 0 Å². The topological polar surface area (TPSA) is 55.8 Å². The van der Waals surface area contributed by atoms with E-state index >= 15 is 0 Å². The van der Waals surface area contributed by atoms with Crippen LogP contribution in [0, 0.1) is 6.92 Å². The van der Waals surface area contributed by atoms with Crippen molar-refractivity contribution in [1.29, 1.82) is 0 Å². The minimum Gasteiger partial charge on any atom is -0.486 e. The number of ether oxygens (including phenoxy) is 2. The van der Waals surface area contributed by atoms with Crippen molar-refractivity contribution < 1.29 is 19.1 Å². The number of benzene rings is 2. The van der Waals surface area contributed by atoms with Gasteiger partial charge in [0.25, 0.3) is 5.91 Å². The van der Waals surface area contributed by atoms with Crippen molar-refractivity contribution >= 4 is 34.9 Å². The van der Waals surface area contributed by atoms with Crippen LogP contribution in [0.2, 0.25) is 10.0 Å². The van der Waals surface area contributed by atoms with Crippen LogP contribution in [0.5, 0.6) is 11.5 Å². The van der Waals surface area contributed by atoms with Crippen molar-refractivity contribution in [1.82, 2.24) is 4.90 Å². The van der Waals surface area contributed by atoms with Gasteiger partial charge in [0, 0.05) is 31.0 Å². The minimum absolute atomic E-state index is 0.101. The fourth-order valence-electron chi connectivity index (χ4n) is 3.87. The molecule has 1 saturated heterocycles.